The summed E-state index contributed by atoms with van der Waals surface area (Å²) in [6.45, 7) is 4.81. The van der Waals surface area contributed by atoms with E-state index in [4.69, 9.17) is 9.97 Å². The van der Waals surface area contributed by atoms with Crippen molar-refractivity contribution >= 4 is 29.6 Å². The van der Waals surface area contributed by atoms with Gasteiger partial charge in [0.05, 0.1) is 11.4 Å². The molecular formula is C29H26N2Si. The molecule has 3 heterocycles. The Morgan fingerprint density at radius 2 is 0.969 bits per heavy atom. The number of pyridine rings is 2. The maximum absolute atomic E-state index is 4.87. The molecule has 3 heteroatoms. The lowest BCUT2D eigenvalue weighted by molar-refractivity contribution is 1.27. The lowest BCUT2D eigenvalue weighted by atomic mass is 9.90. The quantitative estimate of drug-likeness (QED) is 0.313. The van der Waals surface area contributed by atoms with Gasteiger partial charge in [-0.05, 0) is 56.9 Å². The predicted molar refractivity (Wildman–Crippen MR) is 137 cm³/mol. The third-order valence-electron chi connectivity index (χ3n) is 6.53. The first-order valence-corrected chi connectivity index (χ1v) is 13.9. The third-order valence-corrected chi connectivity index (χ3v) is 11.2. The van der Waals surface area contributed by atoms with Crippen LogP contribution in [0.4, 0.5) is 0 Å². The number of allylic oxidation sites excluding steroid dienone is 2. The van der Waals surface area contributed by atoms with Gasteiger partial charge in [0.1, 0.15) is 8.07 Å². The van der Waals surface area contributed by atoms with Gasteiger partial charge in [0.15, 0.2) is 0 Å². The van der Waals surface area contributed by atoms with E-state index in [-0.39, 0.29) is 0 Å². The monoisotopic (exact) mass is 430 g/mol. The normalized spacial score (nSPS) is 15.3. The highest BCUT2D eigenvalue weighted by Gasteiger charge is 2.46. The molecule has 156 valence electrons. The lowest BCUT2D eigenvalue weighted by Crippen LogP contribution is -2.32. The van der Waals surface area contributed by atoms with Crippen molar-refractivity contribution in [3.05, 3.63) is 132 Å². The summed E-state index contributed by atoms with van der Waals surface area (Å²) in [5, 5.41) is 2.82. The molecule has 0 N–H and O–H groups in total. The topological polar surface area (TPSA) is 25.8 Å². The summed E-state index contributed by atoms with van der Waals surface area (Å²) in [7, 11) is -2.16. The van der Waals surface area contributed by atoms with E-state index in [2.05, 4.69) is 98.4 Å². The molecule has 0 spiro atoms. The zero-order valence-electron chi connectivity index (χ0n) is 18.5. The summed E-state index contributed by atoms with van der Waals surface area (Å²) in [4.78, 5) is 9.73. The Bertz CT molecular complexity index is 1180. The average molecular weight is 431 g/mol. The van der Waals surface area contributed by atoms with Crippen molar-refractivity contribution in [2.75, 3.05) is 0 Å². The summed E-state index contributed by atoms with van der Waals surface area (Å²) in [5.41, 5.74) is 7.28. The molecule has 5 rings (SSSR count). The second kappa shape index (κ2) is 8.52. The van der Waals surface area contributed by atoms with Crippen LogP contribution in [-0.4, -0.2) is 18.0 Å². The van der Waals surface area contributed by atoms with Gasteiger partial charge >= 0.3 is 0 Å². The molecule has 0 amide bonds. The molecule has 0 aliphatic carbocycles. The largest absolute Gasteiger partial charge is 0.257 e. The number of rotatable bonds is 5. The lowest BCUT2D eigenvalue weighted by Gasteiger charge is -2.28. The average Bonchev–Trinajstić information content (AvgIpc) is 3.16. The summed E-state index contributed by atoms with van der Waals surface area (Å²) >= 11 is 0. The van der Waals surface area contributed by atoms with Gasteiger partial charge in [-0.2, -0.15) is 0 Å². The molecule has 0 radical (unpaired) electrons. The van der Waals surface area contributed by atoms with Crippen LogP contribution in [0.15, 0.2) is 109 Å². The Kier molecular flexibility index (Phi) is 5.42. The van der Waals surface area contributed by atoms with Gasteiger partial charge in [-0.1, -0.05) is 92.3 Å². The molecule has 0 saturated heterocycles. The van der Waals surface area contributed by atoms with Crippen LogP contribution in [0.2, 0.25) is 12.6 Å². The minimum Gasteiger partial charge on any atom is -0.257 e. The molecule has 1 aliphatic rings. The van der Waals surface area contributed by atoms with Gasteiger partial charge in [-0.15, -0.1) is 0 Å². The highest BCUT2D eigenvalue weighted by atomic mass is 28.3. The van der Waals surface area contributed by atoms with E-state index >= 15 is 0 Å². The van der Waals surface area contributed by atoms with Crippen LogP contribution < -0.4 is 0 Å². The van der Waals surface area contributed by atoms with Crippen molar-refractivity contribution in [3.63, 3.8) is 0 Å². The summed E-state index contributed by atoms with van der Waals surface area (Å²) in [6.07, 6.45) is 3.83. The Balaban J connectivity index is 1.94. The maximum Gasteiger partial charge on any atom is 0.122 e. The summed E-state index contributed by atoms with van der Waals surface area (Å²) in [6, 6.07) is 35.2. The molecule has 2 nitrogen and oxygen atoms in total. The molecule has 2 aromatic carbocycles. The van der Waals surface area contributed by atoms with Crippen molar-refractivity contribution in [3.8, 4) is 0 Å². The highest BCUT2D eigenvalue weighted by molar-refractivity contribution is 7.13. The van der Waals surface area contributed by atoms with E-state index in [1.165, 1.54) is 32.7 Å². The fourth-order valence-corrected chi connectivity index (χ4v) is 8.94. The molecule has 2 aromatic heterocycles. The standard InChI is InChI=1S/C29H26N2Si/c1-3-32(2)28(24-18-10-12-20-30-24)26(22-14-6-4-7-15-22)27(23-16-8-5-9-17-23)29(32)25-19-11-13-21-31-25/h4-21H,3H2,1-2H3. The maximum atomic E-state index is 4.87. The van der Waals surface area contributed by atoms with Crippen molar-refractivity contribution in [2.24, 2.45) is 0 Å². The highest BCUT2D eigenvalue weighted by Crippen LogP contribution is 2.56. The Morgan fingerprint density at radius 3 is 1.31 bits per heavy atom. The Hall–Kier alpha value is -3.56. The van der Waals surface area contributed by atoms with Crippen LogP contribution >= 0.6 is 0 Å². The molecule has 1 aliphatic heterocycles. The van der Waals surface area contributed by atoms with Gasteiger partial charge in [0.25, 0.3) is 0 Å². The first kappa shape index (κ1) is 20.3. The predicted octanol–water partition coefficient (Wildman–Crippen LogP) is 7.19. The van der Waals surface area contributed by atoms with Crippen LogP contribution in [0.3, 0.4) is 0 Å². The minimum atomic E-state index is -2.16. The van der Waals surface area contributed by atoms with E-state index in [1.807, 2.05) is 24.5 Å². The summed E-state index contributed by atoms with van der Waals surface area (Å²) in [5.74, 6) is 0. The molecule has 32 heavy (non-hydrogen) atoms. The van der Waals surface area contributed by atoms with Crippen LogP contribution in [0, 0.1) is 0 Å². The minimum absolute atomic E-state index is 1.08. The molecule has 0 saturated carbocycles. The Morgan fingerprint density at radius 1 is 0.562 bits per heavy atom. The van der Waals surface area contributed by atoms with Crippen molar-refractivity contribution in [2.45, 2.75) is 19.5 Å². The van der Waals surface area contributed by atoms with Crippen LogP contribution in [0.1, 0.15) is 29.4 Å². The van der Waals surface area contributed by atoms with E-state index < -0.39 is 8.07 Å². The summed E-state index contributed by atoms with van der Waals surface area (Å²) < 4.78 is 0. The number of nitrogens with zero attached hydrogens (tertiary/aromatic N) is 2. The molecule has 0 fully saturated rings. The van der Waals surface area contributed by atoms with E-state index in [0.29, 0.717) is 0 Å². The van der Waals surface area contributed by atoms with E-state index in [0.717, 1.165) is 17.4 Å². The van der Waals surface area contributed by atoms with Crippen LogP contribution in [0.5, 0.6) is 0 Å². The fourth-order valence-electron chi connectivity index (χ4n) is 4.91. The molecular weight excluding hydrogens is 404 g/mol. The van der Waals surface area contributed by atoms with E-state index in [9.17, 15) is 0 Å². The number of aromatic nitrogens is 2. The van der Waals surface area contributed by atoms with Gasteiger partial charge in [-0.25, -0.2) is 0 Å². The molecule has 0 unspecified atom stereocenters. The van der Waals surface area contributed by atoms with Crippen molar-refractivity contribution < 1.29 is 0 Å². The SMILES string of the molecule is CC[Si]1(C)C(c2ccccn2)=C(c2ccccc2)C(c2ccccc2)=C1c1ccccn1. The molecule has 0 bridgehead atoms. The smallest absolute Gasteiger partial charge is 0.122 e. The van der Waals surface area contributed by atoms with Crippen LogP contribution in [0.25, 0.3) is 21.5 Å². The number of hydrogen-bond donors (Lipinski definition) is 0. The Labute approximate surface area is 191 Å². The second-order valence-electron chi connectivity index (χ2n) is 8.35. The second-order valence-corrected chi connectivity index (χ2v) is 12.7. The van der Waals surface area contributed by atoms with Gasteiger partial charge < -0.3 is 0 Å². The third kappa shape index (κ3) is 3.35. The van der Waals surface area contributed by atoms with Crippen LogP contribution in [-0.2, 0) is 0 Å². The number of hydrogen-bond acceptors (Lipinski definition) is 2. The van der Waals surface area contributed by atoms with E-state index in [1.54, 1.807) is 0 Å². The van der Waals surface area contributed by atoms with Crippen molar-refractivity contribution in [1.82, 2.24) is 9.97 Å². The van der Waals surface area contributed by atoms with Crippen molar-refractivity contribution in [1.29, 1.82) is 0 Å². The van der Waals surface area contributed by atoms with Gasteiger partial charge in [0.2, 0.25) is 0 Å². The zero-order chi connectivity index (χ0) is 22.0. The van der Waals surface area contributed by atoms with Gasteiger partial charge in [-0.3, -0.25) is 9.97 Å². The molecule has 0 atom stereocenters. The fraction of sp³-hybridized carbons (Fsp3) is 0.103. The molecule has 4 aromatic rings. The van der Waals surface area contributed by atoms with Gasteiger partial charge in [0, 0.05) is 12.4 Å². The first-order valence-electron chi connectivity index (χ1n) is 11.2. The number of benzene rings is 2. The zero-order valence-corrected chi connectivity index (χ0v) is 19.5. The first-order chi connectivity index (χ1) is 15.7.